The maximum absolute atomic E-state index is 9.75. The maximum Gasteiger partial charge on any atom is 0.328 e. The minimum atomic E-state index is -1.21. The molecule has 0 saturated carbocycles. The minimum absolute atomic E-state index is 0.966. The van der Waals surface area contributed by atoms with E-state index in [1.807, 2.05) is 0 Å². The van der Waals surface area contributed by atoms with E-state index in [1.165, 1.54) is 5.82 Å². The van der Waals surface area contributed by atoms with E-state index in [0.29, 0.717) is 0 Å². The first-order valence-corrected chi connectivity index (χ1v) is 5.77. The molecule has 0 aromatic carbocycles. The van der Waals surface area contributed by atoms with Gasteiger partial charge in [-0.3, -0.25) is 0 Å². The van der Waals surface area contributed by atoms with Gasteiger partial charge in [0.2, 0.25) is 0 Å². The van der Waals surface area contributed by atoms with Crippen LogP contribution in [0.3, 0.4) is 0 Å². The lowest BCUT2D eigenvalue weighted by Crippen LogP contribution is -1.83. The number of hydrogen-bond donors (Lipinski definition) is 2. The standard InChI is InChI=1S/C3H5O2PS2/c4-3(5)1-2-6(7)8/h1-2,6H,(H,4,5)(H,7,8). The molecule has 0 spiro atoms. The molecule has 0 aromatic rings. The van der Waals surface area contributed by atoms with Crippen molar-refractivity contribution >= 4 is 35.9 Å². The highest BCUT2D eigenvalue weighted by molar-refractivity contribution is 8.57. The first-order chi connectivity index (χ1) is 3.63. The van der Waals surface area contributed by atoms with Crippen LogP contribution in [0.1, 0.15) is 0 Å². The highest BCUT2D eigenvalue weighted by Crippen LogP contribution is 2.26. The molecule has 1 atom stereocenters. The lowest BCUT2D eigenvalue weighted by molar-refractivity contribution is -0.131. The zero-order valence-electron chi connectivity index (χ0n) is 3.87. The monoisotopic (exact) mass is 168 g/mol. The Hall–Kier alpha value is 0.210. The number of rotatable bonds is 2. The van der Waals surface area contributed by atoms with Gasteiger partial charge in [0.05, 0.1) is 0 Å². The Morgan fingerprint density at radius 1 is 1.88 bits per heavy atom. The molecule has 0 heterocycles. The average Bonchev–Trinajstić information content (AvgIpc) is 1.61. The van der Waals surface area contributed by atoms with Crippen LogP contribution in [-0.2, 0) is 16.6 Å². The van der Waals surface area contributed by atoms with Crippen molar-refractivity contribution in [2.24, 2.45) is 0 Å². The number of carboxylic acids is 1. The van der Waals surface area contributed by atoms with Crippen molar-refractivity contribution in [2.75, 3.05) is 0 Å². The number of carbonyl (C=O) groups is 1. The normalized spacial score (nSPS) is 14.1. The van der Waals surface area contributed by atoms with E-state index in [1.54, 1.807) is 0 Å². The van der Waals surface area contributed by atoms with E-state index >= 15 is 0 Å². The van der Waals surface area contributed by atoms with Crippen molar-refractivity contribution in [3.05, 3.63) is 11.9 Å². The van der Waals surface area contributed by atoms with E-state index in [2.05, 4.69) is 24.1 Å². The summed E-state index contributed by atoms with van der Waals surface area (Å²) in [5.74, 6) is -0.758. The summed E-state index contributed by atoms with van der Waals surface area (Å²) in [4.78, 5) is 9.75. The van der Waals surface area contributed by atoms with Gasteiger partial charge in [0.15, 0.2) is 0 Å². The lowest BCUT2D eigenvalue weighted by Gasteiger charge is -1.78. The summed E-state index contributed by atoms with van der Waals surface area (Å²) in [6, 6.07) is 0. The molecule has 0 amide bonds. The highest BCUT2D eigenvalue weighted by Gasteiger charge is 1.82. The number of thiol groups is 1. The van der Waals surface area contributed by atoms with Crippen molar-refractivity contribution in [1.82, 2.24) is 0 Å². The average molecular weight is 168 g/mol. The van der Waals surface area contributed by atoms with Crippen molar-refractivity contribution in [3.8, 4) is 0 Å². The second-order valence-corrected chi connectivity index (χ2v) is 5.69. The van der Waals surface area contributed by atoms with Crippen LogP contribution in [0.15, 0.2) is 11.9 Å². The lowest BCUT2D eigenvalue weighted by atomic mass is 10.7. The summed E-state index contributed by atoms with van der Waals surface area (Å²) in [6.45, 7) is 0. The van der Waals surface area contributed by atoms with Gasteiger partial charge in [0, 0.05) is 12.0 Å². The Morgan fingerprint density at radius 3 is 2.50 bits per heavy atom. The van der Waals surface area contributed by atoms with Crippen molar-refractivity contribution in [3.63, 3.8) is 0 Å². The molecule has 1 unspecified atom stereocenters. The molecule has 0 saturated heterocycles. The van der Waals surface area contributed by atoms with Crippen LogP contribution >= 0.6 is 18.1 Å². The summed E-state index contributed by atoms with van der Waals surface area (Å²) < 4.78 is 0. The van der Waals surface area contributed by atoms with Gasteiger partial charge in [-0.05, 0) is 5.82 Å². The van der Waals surface area contributed by atoms with Gasteiger partial charge < -0.3 is 5.11 Å². The molecule has 5 heteroatoms. The quantitative estimate of drug-likeness (QED) is 0.368. The highest BCUT2D eigenvalue weighted by atomic mass is 32.9. The van der Waals surface area contributed by atoms with Crippen LogP contribution in [0.4, 0.5) is 0 Å². The molecule has 0 fully saturated rings. The summed E-state index contributed by atoms with van der Waals surface area (Å²) in [7, 11) is 0. The molecule has 8 heavy (non-hydrogen) atoms. The number of hydrogen-bond acceptors (Lipinski definition) is 2. The minimum Gasteiger partial charge on any atom is -0.478 e. The third-order valence-corrected chi connectivity index (χ3v) is 1.68. The van der Waals surface area contributed by atoms with Crippen LogP contribution in [0.5, 0.6) is 0 Å². The fraction of sp³-hybridized carbons (Fsp3) is 0. The van der Waals surface area contributed by atoms with Gasteiger partial charge >= 0.3 is 5.97 Å². The van der Waals surface area contributed by atoms with E-state index in [-0.39, 0.29) is 0 Å². The van der Waals surface area contributed by atoms with Crippen LogP contribution in [0.25, 0.3) is 0 Å². The molecule has 0 rings (SSSR count). The third kappa shape index (κ3) is 6.21. The van der Waals surface area contributed by atoms with Gasteiger partial charge in [-0.15, -0.1) is 12.2 Å². The largest absolute Gasteiger partial charge is 0.478 e. The Kier molecular flexibility index (Phi) is 4.23. The Morgan fingerprint density at radius 2 is 2.38 bits per heavy atom. The maximum atomic E-state index is 9.75. The van der Waals surface area contributed by atoms with Crippen LogP contribution in [0, 0.1) is 0 Å². The summed E-state index contributed by atoms with van der Waals surface area (Å²) in [5.41, 5.74) is 0. The summed E-state index contributed by atoms with van der Waals surface area (Å²) >= 11 is 8.45. The van der Waals surface area contributed by atoms with Crippen molar-refractivity contribution < 1.29 is 9.90 Å². The van der Waals surface area contributed by atoms with E-state index in [4.69, 9.17) is 5.11 Å². The Balaban J connectivity index is 3.67. The van der Waals surface area contributed by atoms with Gasteiger partial charge in [0.1, 0.15) is 0 Å². The molecule has 0 bridgehead atoms. The van der Waals surface area contributed by atoms with Crippen LogP contribution in [0.2, 0.25) is 0 Å². The van der Waals surface area contributed by atoms with Gasteiger partial charge in [-0.25, -0.2) is 4.79 Å². The van der Waals surface area contributed by atoms with E-state index in [0.717, 1.165) is 6.08 Å². The molecule has 0 aliphatic rings. The molecule has 0 aliphatic carbocycles. The summed E-state index contributed by atoms with van der Waals surface area (Å²) in [6.07, 6.45) is 1.02. The Bertz CT molecular complexity index is 126. The molecular weight excluding hydrogens is 163 g/mol. The topological polar surface area (TPSA) is 37.3 Å². The predicted octanol–water partition coefficient (Wildman–Crippen LogP) is 1.11. The third-order valence-electron chi connectivity index (χ3n) is 0.368. The summed E-state index contributed by atoms with van der Waals surface area (Å²) in [5, 5.41) is 8.01. The van der Waals surface area contributed by atoms with Crippen LogP contribution < -0.4 is 0 Å². The first kappa shape index (κ1) is 8.21. The fourth-order valence-corrected chi connectivity index (χ4v) is 0.855. The number of aliphatic carboxylic acids is 1. The van der Waals surface area contributed by atoms with Gasteiger partial charge in [0.25, 0.3) is 0 Å². The first-order valence-electron chi connectivity index (χ1n) is 1.77. The zero-order chi connectivity index (χ0) is 6.57. The van der Waals surface area contributed by atoms with E-state index < -0.39 is 11.9 Å². The molecule has 46 valence electrons. The van der Waals surface area contributed by atoms with Crippen LogP contribution in [-0.4, -0.2) is 11.1 Å². The van der Waals surface area contributed by atoms with Gasteiger partial charge in [-0.1, -0.05) is 11.8 Å². The van der Waals surface area contributed by atoms with Gasteiger partial charge in [-0.2, -0.15) is 0 Å². The smallest absolute Gasteiger partial charge is 0.328 e. The Labute approximate surface area is 58.2 Å². The molecule has 0 aliphatic heterocycles. The zero-order valence-corrected chi connectivity index (χ0v) is 6.58. The molecule has 0 aromatic heterocycles. The predicted molar refractivity (Wildman–Crippen MR) is 41.4 cm³/mol. The molecule has 0 radical (unpaired) electrons. The fourth-order valence-electron chi connectivity index (χ4n) is 0.143. The second kappa shape index (κ2) is 4.13. The van der Waals surface area contributed by atoms with Crippen molar-refractivity contribution in [1.29, 1.82) is 0 Å². The second-order valence-electron chi connectivity index (χ2n) is 1.01. The number of carboxylic acid groups (broad SMARTS) is 1. The molecule has 1 N–H and O–H groups in total. The molecular formula is C3H5O2PS2. The van der Waals surface area contributed by atoms with E-state index in [9.17, 15) is 4.79 Å². The van der Waals surface area contributed by atoms with Crippen molar-refractivity contribution in [2.45, 2.75) is 0 Å². The SMILES string of the molecule is O=C(O)C=C[PH](=S)S. The molecule has 2 nitrogen and oxygen atoms in total.